The maximum atomic E-state index is 13.3. The van der Waals surface area contributed by atoms with Crippen molar-refractivity contribution in [3.8, 4) is 0 Å². The van der Waals surface area contributed by atoms with Gasteiger partial charge in [0, 0.05) is 19.3 Å². The first-order chi connectivity index (χ1) is 15.5. The van der Waals surface area contributed by atoms with E-state index in [0.717, 1.165) is 17.5 Å². The van der Waals surface area contributed by atoms with Gasteiger partial charge in [0.2, 0.25) is 0 Å². The molecule has 0 unspecified atom stereocenters. The van der Waals surface area contributed by atoms with Crippen LogP contribution >= 0.6 is 24.0 Å². The first-order valence-electron chi connectivity index (χ1n) is 10.5. The number of aromatic nitrogens is 2. The Morgan fingerprint density at radius 3 is 2.69 bits per heavy atom. The number of aryl methyl sites for hydroxylation is 1. The molecule has 0 atom stereocenters. The number of nitrogens with one attached hydrogen (secondary N) is 1. The fraction of sp³-hybridized carbons (Fsp3) is 0.250. The molecule has 1 aromatic carbocycles. The summed E-state index contributed by atoms with van der Waals surface area (Å²) in [4.78, 5) is 33.1. The van der Waals surface area contributed by atoms with Crippen molar-refractivity contribution in [2.45, 2.75) is 26.7 Å². The second kappa shape index (κ2) is 9.67. The van der Waals surface area contributed by atoms with Crippen LogP contribution in [0.3, 0.4) is 0 Å². The van der Waals surface area contributed by atoms with E-state index in [1.165, 1.54) is 16.2 Å². The van der Waals surface area contributed by atoms with E-state index in [9.17, 15) is 9.59 Å². The molecule has 32 heavy (non-hydrogen) atoms. The molecule has 2 aromatic heterocycles. The van der Waals surface area contributed by atoms with Gasteiger partial charge in [0.05, 0.1) is 10.5 Å². The van der Waals surface area contributed by atoms with Crippen LogP contribution < -0.4 is 10.9 Å². The Kier molecular flexibility index (Phi) is 6.72. The molecule has 1 aliphatic heterocycles. The largest absolute Gasteiger partial charge is 0.369 e. The lowest BCUT2D eigenvalue weighted by molar-refractivity contribution is -0.122. The molecule has 1 saturated heterocycles. The molecule has 3 aromatic rings. The Bertz CT molecular complexity index is 1270. The van der Waals surface area contributed by atoms with Crippen LogP contribution in [0.2, 0.25) is 0 Å². The highest BCUT2D eigenvalue weighted by Crippen LogP contribution is 2.33. The number of hydrogen-bond donors (Lipinski definition) is 1. The topological polar surface area (TPSA) is 66.7 Å². The predicted octanol–water partition coefficient (Wildman–Crippen LogP) is 4.27. The average molecular weight is 465 g/mol. The fourth-order valence-electron chi connectivity index (χ4n) is 3.48. The van der Waals surface area contributed by atoms with Crippen molar-refractivity contribution >= 4 is 51.7 Å². The van der Waals surface area contributed by atoms with Crippen molar-refractivity contribution in [3.05, 3.63) is 80.6 Å². The summed E-state index contributed by atoms with van der Waals surface area (Å²) in [6, 6.07) is 13.7. The van der Waals surface area contributed by atoms with E-state index >= 15 is 0 Å². The van der Waals surface area contributed by atoms with Gasteiger partial charge in [-0.15, -0.1) is 0 Å². The molecule has 0 bridgehead atoms. The third-order valence-electron chi connectivity index (χ3n) is 5.16. The minimum atomic E-state index is -0.216. The third-order valence-corrected chi connectivity index (χ3v) is 6.54. The van der Waals surface area contributed by atoms with Gasteiger partial charge in [0.25, 0.3) is 11.5 Å². The molecule has 1 amide bonds. The number of benzene rings is 1. The Labute approximate surface area is 196 Å². The first kappa shape index (κ1) is 22.2. The molecule has 1 N–H and O–H groups in total. The van der Waals surface area contributed by atoms with Crippen molar-refractivity contribution in [3.63, 3.8) is 0 Å². The first-order valence-corrected chi connectivity index (χ1v) is 11.8. The molecular formula is C24H24N4O2S2. The van der Waals surface area contributed by atoms with Crippen LogP contribution in [-0.4, -0.2) is 37.6 Å². The van der Waals surface area contributed by atoms with E-state index in [1.807, 2.05) is 56.3 Å². The van der Waals surface area contributed by atoms with Crippen LogP contribution in [-0.2, 0) is 11.2 Å². The van der Waals surface area contributed by atoms with E-state index in [0.29, 0.717) is 45.8 Å². The lowest BCUT2D eigenvalue weighted by Gasteiger charge is -2.14. The van der Waals surface area contributed by atoms with E-state index < -0.39 is 0 Å². The number of fused-ring (bicyclic) bond motifs is 1. The summed E-state index contributed by atoms with van der Waals surface area (Å²) >= 11 is 6.70. The number of thioether (sulfide) groups is 1. The molecule has 0 spiro atoms. The Morgan fingerprint density at radius 2 is 1.94 bits per heavy atom. The van der Waals surface area contributed by atoms with Gasteiger partial charge in [-0.05, 0) is 43.0 Å². The summed E-state index contributed by atoms with van der Waals surface area (Å²) < 4.78 is 2.03. The van der Waals surface area contributed by atoms with Crippen molar-refractivity contribution in [2.75, 3.05) is 18.4 Å². The Balaban J connectivity index is 1.68. The number of pyridine rings is 1. The molecule has 0 radical (unpaired) electrons. The number of anilines is 1. The van der Waals surface area contributed by atoms with Crippen molar-refractivity contribution < 1.29 is 4.79 Å². The second-order valence-corrected chi connectivity index (χ2v) is 9.29. The van der Waals surface area contributed by atoms with Gasteiger partial charge < -0.3 is 5.32 Å². The van der Waals surface area contributed by atoms with Gasteiger partial charge >= 0.3 is 0 Å². The highest BCUT2D eigenvalue weighted by Gasteiger charge is 2.32. The quantitative estimate of drug-likeness (QED) is 0.416. The molecular weight excluding hydrogens is 440 g/mol. The molecule has 6 nitrogen and oxygen atoms in total. The maximum Gasteiger partial charge on any atom is 0.267 e. The van der Waals surface area contributed by atoms with Gasteiger partial charge in [-0.1, -0.05) is 67.3 Å². The van der Waals surface area contributed by atoms with Crippen molar-refractivity contribution in [1.29, 1.82) is 0 Å². The van der Waals surface area contributed by atoms with Crippen LogP contribution in [0.25, 0.3) is 11.7 Å². The molecule has 8 heteroatoms. The van der Waals surface area contributed by atoms with E-state index in [2.05, 4.69) is 10.3 Å². The smallest absolute Gasteiger partial charge is 0.267 e. The maximum absolute atomic E-state index is 13.3. The van der Waals surface area contributed by atoms with E-state index in [-0.39, 0.29) is 11.5 Å². The molecule has 0 aliphatic carbocycles. The highest BCUT2D eigenvalue weighted by atomic mass is 32.2. The van der Waals surface area contributed by atoms with Gasteiger partial charge in [-0.3, -0.25) is 18.9 Å². The van der Waals surface area contributed by atoms with Gasteiger partial charge in [-0.25, -0.2) is 4.98 Å². The number of amides is 1. The molecule has 1 fully saturated rings. The zero-order valence-electron chi connectivity index (χ0n) is 18.0. The zero-order valence-corrected chi connectivity index (χ0v) is 19.6. The van der Waals surface area contributed by atoms with Crippen LogP contribution in [0.5, 0.6) is 0 Å². The summed E-state index contributed by atoms with van der Waals surface area (Å²) in [6.45, 7) is 5.14. The third kappa shape index (κ3) is 4.61. The Morgan fingerprint density at radius 1 is 1.16 bits per heavy atom. The molecule has 0 saturated carbocycles. The lowest BCUT2D eigenvalue weighted by atomic mass is 10.1. The van der Waals surface area contributed by atoms with Crippen molar-refractivity contribution in [1.82, 2.24) is 14.3 Å². The van der Waals surface area contributed by atoms with Crippen LogP contribution in [0, 0.1) is 6.92 Å². The number of carbonyl (C=O) groups is 1. The number of rotatable bonds is 7. The van der Waals surface area contributed by atoms with Crippen LogP contribution in [0.4, 0.5) is 5.82 Å². The van der Waals surface area contributed by atoms with E-state index in [4.69, 9.17) is 12.2 Å². The fourth-order valence-corrected chi connectivity index (χ4v) is 4.77. The van der Waals surface area contributed by atoms with Crippen molar-refractivity contribution in [2.24, 2.45) is 0 Å². The number of thiocarbonyl (C=S) groups is 1. The normalized spacial score (nSPS) is 15.2. The zero-order chi connectivity index (χ0) is 22.7. The molecule has 1 aliphatic rings. The number of nitrogens with zero attached hydrogens (tertiary/aromatic N) is 3. The summed E-state index contributed by atoms with van der Waals surface area (Å²) in [5.41, 5.74) is 2.81. The molecule has 3 heterocycles. The van der Waals surface area contributed by atoms with Gasteiger partial charge in [-0.2, -0.15) is 0 Å². The summed E-state index contributed by atoms with van der Waals surface area (Å²) in [7, 11) is 0. The summed E-state index contributed by atoms with van der Waals surface area (Å²) in [5.74, 6) is 0.307. The standard InChI is InChI=1S/C24H24N4O2S2/c1-3-12-25-21-18(22(29)28-15-16(2)9-10-20(28)26-21)14-19-23(30)27(24(31)32-19)13-11-17-7-5-4-6-8-17/h4-10,14-15,25H,3,11-13H2,1-2H3. The lowest BCUT2D eigenvalue weighted by Crippen LogP contribution is -2.30. The number of hydrogen-bond acceptors (Lipinski definition) is 6. The Hall–Kier alpha value is -2.97. The monoisotopic (exact) mass is 464 g/mol. The molecule has 164 valence electrons. The summed E-state index contributed by atoms with van der Waals surface area (Å²) in [6.07, 6.45) is 4.99. The minimum absolute atomic E-state index is 0.175. The highest BCUT2D eigenvalue weighted by molar-refractivity contribution is 8.26. The summed E-state index contributed by atoms with van der Waals surface area (Å²) in [5, 5.41) is 3.23. The molecule has 4 rings (SSSR count). The predicted molar refractivity (Wildman–Crippen MR) is 135 cm³/mol. The second-order valence-electron chi connectivity index (χ2n) is 7.61. The average Bonchev–Trinajstić information content (AvgIpc) is 3.06. The number of carbonyl (C=O) groups excluding carboxylic acids is 1. The minimum Gasteiger partial charge on any atom is -0.369 e. The van der Waals surface area contributed by atoms with E-state index in [1.54, 1.807) is 17.2 Å². The van der Waals surface area contributed by atoms with Gasteiger partial charge in [0.15, 0.2) is 0 Å². The SMILES string of the molecule is CCCNc1nc2ccc(C)cn2c(=O)c1C=C1SC(=S)N(CCc2ccccc2)C1=O. The van der Waals surface area contributed by atoms with Gasteiger partial charge in [0.1, 0.15) is 15.8 Å². The van der Waals surface area contributed by atoms with Crippen LogP contribution in [0.1, 0.15) is 30.0 Å². The van der Waals surface area contributed by atoms with Crippen LogP contribution in [0.15, 0.2) is 58.4 Å².